The first-order valence-corrected chi connectivity index (χ1v) is 6.51. The summed E-state index contributed by atoms with van der Waals surface area (Å²) in [5.74, 6) is -0.471. The number of benzene rings is 1. The number of amides is 2. The quantitative estimate of drug-likeness (QED) is 0.869. The molecule has 0 atom stereocenters. The first-order chi connectivity index (χ1) is 8.35. The van der Waals surface area contributed by atoms with Gasteiger partial charge in [-0.3, -0.25) is 14.5 Å². The van der Waals surface area contributed by atoms with Crippen molar-refractivity contribution in [2.45, 2.75) is 13.8 Å². The maximum Gasteiger partial charge on any atom is 0.261 e. The van der Waals surface area contributed by atoms with Gasteiger partial charge in [-0.25, -0.2) is 0 Å². The number of carbonyl (C=O) groups excluding carboxylic acids is 2. The van der Waals surface area contributed by atoms with Crippen LogP contribution in [0.4, 0.5) is 0 Å². The fourth-order valence-corrected chi connectivity index (χ4v) is 2.26. The van der Waals surface area contributed by atoms with Gasteiger partial charge in [0, 0.05) is 11.0 Å². The normalized spacial score (nSPS) is 15.2. The molecule has 1 aliphatic rings. The molecule has 0 saturated heterocycles. The van der Waals surface area contributed by atoms with E-state index in [0.717, 1.165) is 4.47 Å². The molecule has 5 heteroatoms. The van der Waals surface area contributed by atoms with Gasteiger partial charge < -0.3 is 5.73 Å². The van der Waals surface area contributed by atoms with E-state index in [9.17, 15) is 9.59 Å². The molecule has 0 bridgehead atoms. The number of hydrogen-bond donors (Lipinski definition) is 1. The summed E-state index contributed by atoms with van der Waals surface area (Å²) < 4.78 is 0.794. The van der Waals surface area contributed by atoms with Gasteiger partial charge in [-0.2, -0.15) is 0 Å². The molecule has 0 unspecified atom stereocenters. The fraction of sp³-hybridized carbons (Fsp3) is 0.385. The van der Waals surface area contributed by atoms with Gasteiger partial charge in [-0.1, -0.05) is 29.8 Å². The largest absolute Gasteiger partial charge is 0.330 e. The average Bonchev–Trinajstić information content (AvgIpc) is 2.54. The van der Waals surface area contributed by atoms with E-state index in [0.29, 0.717) is 24.2 Å². The van der Waals surface area contributed by atoms with Crippen molar-refractivity contribution in [2.75, 3.05) is 13.1 Å². The third kappa shape index (κ3) is 2.20. The zero-order valence-corrected chi connectivity index (χ0v) is 12.0. The van der Waals surface area contributed by atoms with Crippen molar-refractivity contribution in [3.05, 3.63) is 33.8 Å². The SMILES string of the molecule is CC(C)(CN)CN1C(=O)c2ccc(Br)cc2C1=O. The van der Waals surface area contributed by atoms with Gasteiger partial charge in [0.25, 0.3) is 11.8 Å². The lowest BCUT2D eigenvalue weighted by Crippen LogP contribution is -2.41. The van der Waals surface area contributed by atoms with Crippen LogP contribution in [0, 0.1) is 5.41 Å². The molecule has 0 radical (unpaired) electrons. The van der Waals surface area contributed by atoms with E-state index in [1.165, 1.54) is 4.90 Å². The number of imide groups is 1. The van der Waals surface area contributed by atoms with E-state index in [1.54, 1.807) is 18.2 Å². The van der Waals surface area contributed by atoms with E-state index >= 15 is 0 Å². The lowest BCUT2D eigenvalue weighted by Gasteiger charge is -2.27. The maximum atomic E-state index is 12.2. The highest BCUT2D eigenvalue weighted by molar-refractivity contribution is 9.10. The zero-order chi connectivity index (χ0) is 13.5. The van der Waals surface area contributed by atoms with Crippen LogP contribution in [0.3, 0.4) is 0 Å². The third-order valence-electron chi connectivity index (χ3n) is 3.07. The molecule has 0 spiro atoms. The summed E-state index contributed by atoms with van der Waals surface area (Å²) >= 11 is 3.31. The molecular weight excluding hydrogens is 296 g/mol. The standard InChI is InChI=1S/C13H15BrN2O2/c1-13(2,6-15)7-16-11(17)9-4-3-8(14)5-10(9)12(16)18/h3-5H,6-7,15H2,1-2H3. The first-order valence-electron chi connectivity index (χ1n) is 5.71. The van der Waals surface area contributed by atoms with Crippen LogP contribution in [0.25, 0.3) is 0 Å². The van der Waals surface area contributed by atoms with Crippen molar-refractivity contribution >= 4 is 27.7 Å². The molecule has 18 heavy (non-hydrogen) atoms. The van der Waals surface area contributed by atoms with Crippen LogP contribution in [-0.4, -0.2) is 29.8 Å². The van der Waals surface area contributed by atoms with Gasteiger partial charge >= 0.3 is 0 Å². The van der Waals surface area contributed by atoms with Crippen molar-refractivity contribution in [2.24, 2.45) is 11.1 Å². The summed E-state index contributed by atoms with van der Waals surface area (Å²) in [5, 5.41) is 0. The van der Waals surface area contributed by atoms with Gasteiger partial charge in [0.15, 0.2) is 0 Å². The maximum absolute atomic E-state index is 12.2. The predicted molar refractivity (Wildman–Crippen MR) is 72.3 cm³/mol. The molecule has 4 nitrogen and oxygen atoms in total. The Balaban J connectivity index is 2.34. The van der Waals surface area contributed by atoms with Gasteiger partial charge in [0.05, 0.1) is 11.1 Å². The van der Waals surface area contributed by atoms with Crippen molar-refractivity contribution in [1.82, 2.24) is 4.90 Å². The molecule has 2 amide bonds. The van der Waals surface area contributed by atoms with Crippen LogP contribution in [0.5, 0.6) is 0 Å². The topological polar surface area (TPSA) is 63.4 Å². The molecule has 0 fully saturated rings. The monoisotopic (exact) mass is 310 g/mol. The number of fused-ring (bicyclic) bond motifs is 1. The van der Waals surface area contributed by atoms with E-state index < -0.39 is 0 Å². The van der Waals surface area contributed by atoms with Crippen molar-refractivity contribution in [3.8, 4) is 0 Å². The Morgan fingerprint density at radius 3 is 2.44 bits per heavy atom. The van der Waals surface area contributed by atoms with Crippen LogP contribution in [0.1, 0.15) is 34.6 Å². The molecule has 0 aliphatic carbocycles. The van der Waals surface area contributed by atoms with Crippen molar-refractivity contribution in [3.63, 3.8) is 0 Å². The summed E-state index contributed by atoms with van der Waals surface area (Å²) in [5.41, 5.74) is 6.30. The van der Waals surface area contributed by atoms with Crippen LogP contribution in [-0.2, 0) is 0 Å². The number of carbonyl (C=O) groups is 2. The second kappa shape index (κ2) is 4.48. The smallest absolute Gasteiger partial charge is 0.261 e. The Bertz CT molecular complexity index is 526. The van der Waals surface area contributed by atoms with Crippen LogP contribution in [0.2, 0.25) is 0 Å². The van der Waals surface area contributed by atoms with Gasteiger partial charge in [0.1, 0.15) is 0 Å². The summed E-state index contributed by atoms with van der Waals surface area (Å²) in [4.78, 5) is 25.6. The highest BCUT2D eigenvalue weighted by atomic mass is 79.9. The second-order valence-corrected chi connectivity index (χ2v) is 6.17. The number of nitrogens with two attached hydrogens (primary N) is 1. The molecule has 2 rings (SSSR count). The molecule has 0 saturated carbocycles. The highest BCUT2D eigenvalue weighted by Gasteiger charge is 2.38. The molecule has 1 aliphatic heterocycles. The van der Waals surface area contributed by atoms with Crippen LogP contribution >= 0.6 is 15.9 Å². The molecule has 96 valence electrons. The van der Waals surface area contributed by atoms with E-state index in [1.807, 2.05) is 13.8 Å². The minimum Gasteiger partial charge on any atom is -0.330 e. The molecule has 1 aromatic rings. The Labute approximate surface area is 114 Å². The Kier molecular flexibility index (Phi) is 3.29. The van der Waals surface area contributed by atoms with Crippen molar-refractivity contribution in [1.29, 1.82) is 0 Å². The van der Waals surface area contributed by atoms with E-state index in [-0.39, 0.29) is 17.2 Å². The third-order valence-corrected chi connectivity index (χ3v) is 3.56. The lowest BCUT2D eigenvalue weighted by atomic mass is 9.93. The minimum atomic E-state index is -0.273. The van der Waals surface area contributed by atoms with Gasteiger partial charge in [0.2, 0.25) is 0 Å². The predicted octanol–water partition coefficient (Wildman–Crippen LogP) is 2.03. The summed E-state index contributed by atoms with van der Waals surface area (Å²) in [6.45, 7) is 4.64. The van der Waals surface area contributed by atoms with Gasteiger partial charge in [-0.05, 0) is 30.2 Å². The molecular formula is C13H15BrN2O2. The first kappa shape index (κ1) is 13.2. The zero-order valence-electron chi connectivity index (χ0n) is 10.4. The summed E-state index contributed by atoms with van der Waals surface area (Å²) in [7, 11) is 0. The molecule has 2 N–H and O–H groups in total. The Morgan fingerprint density at radius 1 is 1.22 bits per heavy atom. The number of nitrogens with zero attached hydrogens (tertiary/aromatic N) is 1. The number of rotatable bonds is 3. The van der Waals surface area contributed by atoms with Gasteiger partial charge in [-0.15, -0.1) is 0 Å². The highest BCUT2D eigenvalue weighted by Crippen LogP contribution is 2.28. The lowest BCUT2D eigenvalue weighted by molar-refractivity contribution is 0.0595. The van der Waals surface area contributed by atoms with E-state index in [4.69, 9.17) is 5.73 Å². The number of halogens is 1. The Morgan fingerprint density at radius 2 is 1.83 bits per heavy atom. The average molecular weight is 311 g/mol. The fourth-order valence-electron chi connectivity index (χ4n) is 1.90. The summed E-state index contributed by atoms with van der Waals surface area (Å²) in [6, 6.07) is 5.13. The Hall–Kier alpha value is -1.20. The second-order valence-electron chi connectivity index (χ2n) is 5.25. The molecule has 1 aromatic carbocycles. The summed E-state index contributed by atoms with van der Waals surface area (Å²) in [6.07, 6.45) is 0. The van der Waals surface area contributed by atoms with E-state index in [2.05, 4.69) is 15.9 Å². The minimum absolute atomic E-state index is 0.232. The van der Waals surface area contributed by atoms with Crippen molar-refractivity contribution < 1.29 is 9.59 Å². The van der Waals surface area contributed by atoms with Crippen LogP contribution < -0.4 is 5.73 Å². The molecule has 0 aromatic heterocycles. The molecule has 1 heterocycles. The number of hydrogen-bond acceptors (Lipinski definition) is 3. The van der Waals surface area contributed by atoms with Crippen LogP contribution in [0.15, 0.2) is 22.7 Å².